The summed E-state index contributed by atoms with van der Waals surface area (Å²) < 4.78 is 74.8. The first-order valence-corrected chi connectivity index (χ1v) is 6.26. The molecule has 0 N–H and O–H groups in total. The van der Waals surface area contributed by atoms with Crippen molar-refractivity contribution in [3.05, 3.63) is 35.4 Å². The summed E-state index contributed by atoms with van der Waals surface area (Å²) in [5.74, 6) is -5.86. The van der Waals surface area contributed by atoms with E-state index in [0.717, 1.165) is 24.1 Å². The van der Waals surface area contributed by atoms with Gasteiger partial charge in [-0.1, -0.05) is 38.1 Å². The maximum absolute atomic E-state index is 12.5. The standard InChI is InChI=1S/C14H14F6O/c1-3-8(2)9-4-6-10(7-5-9)11(21)12(13(15,16)17)14(18,19)20/h4-8,12H,3H2,1-2H3. The van der Waals surface area contributed by atoms with Gasteiger partial charge in [-0.2, -0.15) is 26.3 Å². The molecule has 0 aliphatic carbocycles. The van der Waals surface area contributed by atoms with Gasteiger partial charge in [0.15, 0.2) is 5.78 Å². The number of carbonyl (C=O) groups is 1. The summed E-state index contributed by atoms with van der Waals surface area (Å²) in [7, 11) is 0. The molecule has 1 nitrogen and oxygen atoms in total. The van der Waals surface area contributed by atoms with E-state index in [0.29, 0.717) is 0 Å². The van der Waals surface area contributed by atoms with Crippen molar-refractivity contribution < 1.29 is 31.1 Å². The summed E-state index contributed by atoms with van der Waals surface area (Å²) in [5.41, 5.74) is 0.159. The quantitative estimate of drug-likeness (QED) is 0.557. The number of carbonyl (C=O) groups excluding carboxylic acids is 1. The Hall–Kier alpha value is -1.53. The predicted molar refractivity (Wildman–Crippen MR) is 65.1 cm³/mol. The molecule has 1 aromatic carbocycles. The maximum Gasteiger partial charge on any atom is 0.407 e. The summed E-state index contributed by atoms with van der Waals surface area (Å²) in [6, 6.07) is 4.78. The van der Waals surface area contributed by atoms with Crippen molar-refractivity contribution in [2.75, 3.05) is 0 Å². The molecular formula is C14H14F6O. The minimum absolute atomic E-state index is 0.107. The lowest BCUT2D eigenvalue weighted by Gasteiger charge is -2.21. The van der Waals surface area contributed by atoms with Gasteiger partial charge in [0.1, 0.15) is 0 Å². The minimum atomic E-state index is -5.66. The first kappa shape index (κ1) is 17.5. The molecule has 1 aromatic rings. The number of halogens is 6. The lowest BCUT2D eigenvalue weighted by molar-refractivity contribution is -0.264. The SMILES string of the molecule is CCC(C)c1ccc(C(=O)C(C(F)(F)F)C(F)(F)F)cc1. The van der Waals surface area contributed by atoms with Crippen LogP contribution in [0.5, 0.6) is 0 Å². The Labute approximate surface area is 118 Å². The summed E-state index contributed by atoms with van der Waals surface area (Å²) in [6.45, 7) is 3.76. The van der Waals surface area contributed by atoms with Crippen LogP contribution in [0.15, 0.2) is 24.3 Å². The summed E-state index contributed by atoms with van der Waals surface area (Å²) >= 11 is 0. The fourth-order valence-corrected chi connectivity index (χ4v) is 1.86. The normalized spacial score (nSPS) is 14.3. The van der Waals surface area contributed by atoms with Gasteiger partial charge in [0, 0.05) is 5.56 Å². The first-order valence-electron chi connectivity index (χ1n) is 6.26. The third kappa shape index (κ3) is 4.22. The molecule has 1 rings (SSSR count). The van der Waals surface area contributed by atoms with Crippen molar-refractivity contribution in [1.29, 1.82) is 0 Å². The van der Waals surface area contributed by atoms with Crippen molar-refractivity contribution in [1.82, 2.24) is 0 Å². The van der Waals surface area contributed by atoms with Crippen molar-refractivity contribution in [2.24, 2.45) is 5.92 Å². The minimum Gasteiger partial charge on any atom is -0.293 e. The molecule has 0 aliphatic rings. The first-order chi connectivity index (χ1) is 9.48. The van der Waals surface area contributed by atoms with Gasteiger partial charge in [0.25, 0.3) is 0 Å². The molecule has 0 saturated carbocycles. The molecule has 21 heavy (non-hydrogen) atoms. The smallest absolute Gasteiger partial charge is 0.293 e. The van der Waals surface area contributed by atoms with E-state index in [1.54, 1.807) is 0 Å². The summed E-state index contributed by atoms with van der Waals surface area (Å²) in [4.78, 5) is 11.5. The van der Waals surface area contributed by atoms with E-state index < -0.39 is 29.6 Å². The molecule has 0 aliphatic heterocycles. The molecule has 0 fully saturated rings. The van der Waals surface area contributed by atoms with E-state index in [4.69, 9.17) is 0 Å². The van der Waals surface area contributed by atoms with Crippen LogP contribution >= 0.6 is 0 Å². The molecule has 0 radical (unpaired) electrons. The number of hydrogen-bond donors (Lipinski definition) is 0. The topological polar surface area (TPSA) is 17.1 Å². The Morgan fingerprint density at radius 1 is 1.00 bits per heavy atom. The number of ketones is 1. The van der Waals surface area contributed by atoms with Crippen LogP contribution in [0.25, 0.3) is 0 Å². The zero-order chi connectivity index (χ0) is 16.4. The zero-order valence-corrected chi connectivity index (χ0v) is 11.3. The van der Waals surface area contributed by atoms with Crippen LogP contribution in [0.4, 0.5) is 26.3 Å². The maximum atomic E-state index is 12.5. The predicted octanol–water partition coefficient (Wildman–Crippen LogP) is 5.12. The Kier molecular flexibility index (Phi) is 5.07. The van der Waals surface area contributed by atoms with Crippen molar-refractivity contribution >= 4 is 5.78 Å². The van der Waals surface area contributed by atoms with Gasteiger partial charge in [-0.3, -0.25) is 4.79 Å². The molecule has 0 spiro atoms. The third-order valence-corrected chi connectivity index (χ3v) is 3.29. The Bertz CT molecular complexity index is 472. The molecule has 0 bridgehead atoms. The van der Waals surface area contributed by atoms with Crippen LogP contribution in [0.1, 0.15) is 42.1 Å². The highest BCUT2D eigenvalue weighted by Gasteiger charge is 2.60. The van der Waals surface area contributed by atoms with E-state index in [-0.39, 0.29) is 5.92 Å². The number of alkyl halides is 6. The molecule has 1 atom stereocenters. The average Bonchev–Trinajstić information content (AvgIpc) is 2.34. The average molecular weight is 312 g/mol. The van der Waals surface area contributed by atoms with Crippen LogP contribution in [-0.2, 0) is 0 Å². The molecule has 1 unspecified atom stereocenters. The molecule has 0 aromatic heterocycles. The van der Waals surface area contributed by atoms with Crippen LogP contribution in [0, 0.1) is 5.92 Å². The van der Waals surface area contributed by atoms with Gasteiger partial charge in [-0.05, 0) is 17.9 Å². The van der Waals surface area contributed by atoms with Gasteiger partial charge in [-0.15, -0.1) is 0 Å². The number of hydrogen-bond acceptors (Lipinski definition) is 1. The lowest BCUT2D eigenvalue weighted by atomic mass is 9.93. The largest absolute Gasteiger partial charge is 0.407 e. The number of Topliss-reactive ketones (excluding diaryl/α,β-unsaturated/α-hetero) is 1. The van der Waals surface area contributed by atoms with Gasteiger partial charge < -0.3 is 0 Å². The van der Waals surface area contributed by atoms with Gasteiger partial charge >= 0.3 is 12.4 Å². The number of benzene rings is 1. The summed E-state index contributed by atoms with van der Waals surface area (Å²) in [5, 5.41) is 0. The van der Waals surface area contributed by atoms with E-state index in [2.05, 4.69) is 0 Å². The van der Waals surface area contributed by atoms with E-state index >= 15 is 0 Å². The second kappa shape index (κ2) is 6.07. The van der Waals surface area contributed by atoms with Gasteiger partial charge in [0.2, 0.25) is 5.92 Å². The highest BCUT2D eigenvalue weighted by molar-refractivity contribution is 5.98. The Morgan fingerprint density at radius 3 is 1.76 bits per heavy atom. The van der Waals surface area contributed by atoms with Crippen LogP contribution in [0.2, 0.25) is 0 Å². The van der Waals surface area contributed by atoms with Crippen molar-refractivity contribution in [3.8, 4) is 0 Å². The third-order valence-electron chi connectivity index (χ3n) is 3.29. The molecule has 0 heterocycles. The van der Waals surface area contributed by atoms with Crippen molar-refractivity contribution in [2.45, 2.75) is 38.5 Å². The second-order valence-corrected chi connectivity index (χ2v) is 4.81. The monoisotopic (exact) mass is 312 g/mol. The van der Waals surface area contributed by atoms with Gasteiger partial charge in [0.05, 0.1) is 0 Å². The van der Waals surface area contributed by atoms with Gasteiger partial charge in [-0.25, -0.2) is 0 Å². The highest BCUT2D eigenvalue weighted by Crippen LogP contribution is 2.41. The molecule has 0 saturated heterocycles. The van der Waals surface area contributed by atoms with E-state index in [1.165, 1.54) is 12.1 Å². The second-order valence-electron chi connectivity index (χ2n) is 4.81. The number of rotatable bonds is 4. The fraction of sp³-hybridized carbons (Fsp3) is 0.500. The van der Waals surface area contributed by atoms with E-state index in [1.807, 2.05) is 13.8 Å². The lowest BCUT2D eigenvalue weighted by Crippen LogP contribution is -2.42. The van der Waals surface area contributed by atoms with Crippen molar-refractivity contribution in [3.63, 3.8) is 0 Å². The van der Waals surface area contributed by atoms with Crippen LogP contribution in [-0.4, -0.2) is 18.1 Å². The Morgan fingerprint density at radius 2 is 1.43 bits per heavy atom. The van der Waals surface area contributed by atoms with E-state index in [9.17, 15) is 31.1 Å². The summed E-state index contributed by atoms with van der Waals surface area (Å²) in [6.07, 6.45) is -10.6. The van der Waals surface area contributed by atoms with Crippen LogP contribution < -0.4 is 0 Å². The Balaban J connectivity index is 3.11. The molecular weight excluding hydrogens is 298 g/mol. The fourth-order valence-electron chi connectivity index (χ4n) is 1.86. The molecule has 118 valence electrons. The van der Waals surface area contributed by atoms with Crippen LogP contribution in [0.3, 0.4) is 0 Å². The molecule has 0 amide bonds. The molecule has 7 heteroatoms. The highest BCUT2D eigenvalue weighted by atomic mass is 19.4. The zero-order valence-electron chi connectivity index (χ0n) is 11.3.